The Morgan fingerprint density at radius 3 is 2.33 bits per heavy atom. The highest BCUT2D eigenvalue weighted by Gasteiger charge is 2.38. The Bertz CT molecular complexity index is 1730. The molecule has 52 heavy (non-hydrogen) atoms. The minimum Gasteiger partial charge on any atom is -0.361 e. The largest absolute Gasteiger partial charge is 0.361 e. The number of para-hydroxylation sites is 1. The number of primary amides is 1. The number of amides is 7. The fourth-order valence-electron chi connectivity index (χ4n) is 6.54. The van der Waals surface area contributed by atoms with Gasteiger partial charge in [-0.2, -0.15) is 0 Å². The number of alkyl halides is 1. The van der Waals surface area contributed by atoms with Gasteiger partial charge in [0, 0.05) is 49.1 Å². The molecule has 2 heterocycles. The molecule has 0 bridgehead atoms. The van der Waals surface area contributed by atoms with Crippen LogP contribution in [0.2, 0.25) is 0 Å². The molecule has 8 N–H and O–H groups in total. The van der Waals surface area contributed by atoms with Crippen molar-refractivity contribution in [3.8, 4) is 0 Å². The molecule has 3 aromatic rings. The van der Waals surface area contributed by atoms with Crippen molar-refractivity contribution >= 4 is 58.1 Å². The van der Waals surface area contributed by atoms with E-state index in [0.717, 1.165) is 34.9 Å². The first-order chi connectivity index (χ1) is 25.1. The second kappa shape index (κ2) is 18.4. The lowest BCUT2D eigenvalue weighted by Gasteiger charge is -2.37. The Morgan fingerprint density at radius 2 is 1.60 bits per heavy atom. The maximum atomic E-state index is 14.2. The number of aromatic amines is 1. The number of benzene rings is 2. The number of fused-ring (bicyclic) bond motifs is 1. The smallest absolute Gasteiger partial charge is 0.312 e. The van der Waals surface area contributed by atoms with Crippen molar-refractivity contribution in [3.63, 3.8) is 0 Å². The number of rotatable bonds is 17. The Kier molecular flexibility index (Phi) is 13.5. The van der Waals surface area contributed by atoms with Gasteiger partial charge in [-0.15, -0.1) is 11.6 Å². The van der Waals surface area contributed by atoms with Crippen LogP contribution in [0.15, 0.2) is 60.8 Å². The highest BCUT2D eigenvalue weighted by molar-refractivity contribution is 6.27. The van der Waals surface area contributed by atoms with E-state index >= 15 is 0 Å². The van der Waals surface area contributed by atoms with Gasteiger partial charge in [-0.1, -0.05) is 48.5 Å². The SMILES string of the molecule is NC(=O)NCCC[C@H](NC(=O)[C@H](Cc1c[nH]c2ccccc12)NC(=O)[C@@H]1CCCCN1C(=O)[C@H](Cc1ccccc1)NC(=O)CCl)C(=O)NC1CC1. The summed E-state index contributed by atoms with van der Waals surface area (Å²) >= 11 is 5.79. The molecule has 0 unspecified atom stereocenters. The minimum absolute atomic E-state index is 0.0483. The number of carbonyl (C=O) groups is 6. The van der Waals surface area contributed by atoms with Gasteiger partial charge in [0.25, 0.3) is 0 Å². The van der Waals surface area contributed by atoms with Crippen LogP contribution in [0.3, 0.4) is 0 Å². The zero-order valence-corrected chi connectivity index (χ0v) is 29.8. The summed E-state index contributed by atoms with van der Waals surface area (Å²) in [6, 6.07) is 12.3. The van der Waals surface area contributed by atoms with E-state index in [2.05, 4.69) is 31.6 Å². The van der Waals surface area contributed by atoms with Crippen molar-refractivity contribution in [2.75, 3.05) is 19.0 Å². The lowest BCUT2D eigenvalue weighted by atomic mass is 9.97. The number of halogens is 1. The number of likely N-dealkylation sites (tertiary alicyclic amines) is 1. The predicted molar refractivity (Wildman–Crippen MR) is 196 cm³/mol. The summed E-state index contributed by atoms with van der Waals surface area (Å²) in [6.45, 7) is 0.511. The number of aromatic nitrogens is 1. The molecular weight excluding hydrogens is 688 g/mol. The van der Waals surface area contributed by atoms with Gasteiger partial charge in [-0.05, 0) is 62.1 Å². The number of piperidine rings is 1. The number of carbonyl (C=O) groups excluding carboxylic acids is 6. The molecule has 5 rings (SSSR count). The van der Waals surface area contributed by atoms with Crippen molar-refractivity contribution in [2.24, 2.45) is 5.73 Å². The van der Waals surface area contributed by atoms with E-state index in [-0.39, 0.29) is 43.6 Å². The van der Waals surface area contributed by atoms with E-state index in [0.29, 0.717) is 32.2 Å². The number of nitrogens with zero attached hydrogens (tertiary/aromatic N) is 1. The molecule has 1 saturated carbocycles. The third-order valence-corrected chi connectivity index (χ3v) is 9.63. The third-order valence-electron chi connectivity index (χ3n) is 9.38. The van der Waals surface area contributed by atoms with E-state index in [1.807, 2.05) is 54.6 Å². The second-order valence-corrected chi connectivity index (χ2v) is 13.7. The molecule has 1 aliphatic carbocycles. The molecule has 0 spiro atoms. The van der Waals surface area contributed by atoms with Gasteiger partial charge in [-0.25, -0.2) is 4.79 Å². The summed E-state index contributed by atoms with van der Waals surface area (Å²) in [5.74, 6) is -2.67. The highest BCUT2D eigenvalue weighted by Crippen LogP contribution is 2.23. The number of nitrogens with two attached hydrogens (primary N) is 1. The average molecular weight is 735 g/mol. The lowest BCUT2D eigenvalue weighted by molar-refractivity contribution is -0.145. The minimum atomic E-state index is -1.11. The molecule has 4 atom stereocenters. The summed E-state index contributed by atoms with van der Waals surface area (Å²) in [5, 5.41) is 14.8. The molecule has 2 fully saturated rings. The van der Waals surface area contributed by atoms with Gasteiger partial charge >= 0.3 is 6.03 Å². The van der Waals surface area contributed by atoms with Crippen LogP contribution in [0.5, 0.6) is 0 Å². The second-order valence-electron chi connectivity index (χ2n) is 13.4. The molecule has 14 nitrogen and oxygen atoms in total. The van der Waals surface area contributed by atoms with E-state index < -0.39 is 53.8 Å². The van der Waals surface area contributed by atoms with Gasteiger partial charge in [0.1, 0.15) is 30.0 Å². The summed E-state index contributed by atoms with van der Waals surface area (Å²) < 4.78 is 0. The Balaban J connectivity index is 1.37. The molecule has 7 amide bonds. The number of hydrogen-bond donors (Lipinski definition) is 7. The zero-order chi connectivity index (χ0) is 37.0. The Labute approximate surface area is 307 Å². The van der Waals surface area contributed by atoms with Gasteiger partial charge < -0.3 is 42.2 Å². The monoisotopic (exact) mass is 734 g/mol. The van der Waals surface area contributed by atoms with Gasteiger partial charge in [-0.3, -0.25) is 24.0 Å². The zero-order valence-electron chi connectivity index (χ0n) is 29.0. The molecule has 2 aliphatic rings. The quantitative estimate of drug-likeness (QED) is 0.0812. The lowest BCUT2D eigenvalue weighted by Crippen LogP contribution is -2.61. The van der Waals surface area contributed by atoms with Gasteiger partial charge in [0.05, 0.1) is 0 Å². The molecule has 1 aliphatic heterocycles. The maximum absolute atomic E-state index is 14.2. The fourth-order valence-corrected chi connectivity index (χ4v) is 6.61. The van der Waals surface area contributed by atoms with Gasteiger partial charge in [0.2, 0.25) is 29.5 Å². The summed E-state index contributed by atoms with van der Waals surface area (Å²) in [4.78, 5) is 83.9. The van der Waals surface area contributed by atoms with Crippen LogP contribution < -0.4 is 32.3 Å². The van der Waals surface area contributed by atoms with E-state index in [1.165, 1.54) is 4.90 Å². The van der Waals surface area contributed by atoms with E-state index in [4.69, 9.17) is 17.3 Å². The van der Waals surface area contributed by atoms with Crippen molar-refractivity contribution in [1.29, 1.82) is 0 Å². The van der Waals surface area contributed by atoms with E-state index in [1.54, 1.807) is 6.20 Å². The first kappa shape index (κ1) is 38.1. The van der Waals surface area contributed by atoms with Crippen LogP contribution in [-0.2, 0) is 36.8 Å². The topological polar surface area (TPSA) is 208 Å². The van der Waals surface area contributed by atoms with Crippen molar-refractivity contribution in [1.82, 2.24) is 36.5 Å². The Hall–Kier alpha value is -5.11. The standard InChI is InChI=1S/C37H47ClN8O6/c38-21-32(47)43-30(19-23-9-2-1-3-10-23)36(51)46-18-7-6-14-31(46)35(50)45-29(20-24-22-41-27-12-5-4-11-26(24)27)34(49)44-28(13-8-17-40-37(39)52)33(48)42-25-15-16-25/h1-5,9-12,22,25,28-31,41H,6-8,13-21H2,(H,42,48)(H,43,47)(H,44,49)(H,45,50)(H3,39,40,52)/t28-,29-,30-,31-/m0/s1. The summed E-state index contributed by atoms with van der Waals surface area (Å²) in [6.07, 6.45) is 6.10. The molecule has 15 heteroatoms. The predicted octanol–water partition coefficient (Wildman–Crippen LogP) is 1.75. The highest BCUT2D eigenvalue weighted by atomic mass is 35.5. The molecule has 0 radical (unpaired) electrons. The van der Waals surface area contributed by atoms with Crippen LogP contribution in [0, 0.1) is 0 Å². The average Bonchev–Trinajstić information content (AvgIpc) is 3.88. The maximum Gasteiger partial charge on any atom is 0.312 e. The van der Waals surface area contributed by atoms with Crippen molar-refractivity contribution in [2.45, 2.75) is 88.0 Å². The van der Waals surface area contributed by atoms with Crippen molar-refractivity contribution in [3.05, 3.63) is 71.9 Å². The molecule has 1 saturated heterocycles. The van der Waals surface area contributed by atoms with Crippen LogP contribution in [-0.4, -0.2) is 94.6 Å². The summed E-state index contributed by atoms with van der Waals surface area (Å²) in [5.41, 5.74) is 7.66. The number of nitrogens with one attached hydrogen (secondary N) is 6. The Morgan fingerprint density at radius 1 is 0.846 bits per heavy atom. The third kappa shape index (κ3) is 10.7. The van der Waals surface area contributed by atoms with Crippen LogP contribution in [0.1, 0.15) is 56.1 Å². The van der Waals surface area contributed by atoms with Crippen LogP contribution in [0.4, 0.5) is 4.79 Å². The van der Waals surface area contributed by atoms with Crippen molar-refractivity contribution < 1.29 is 28.8 Å². The number of H-pyrrole nitrogens is 1. The molecular formula is C37H47ClN8O6. The number of urea groups is 1. The molecule has 2 aromatic carbocycles. The molecule has 278 valence electrons. The normalized spacial score (nSPS) is 17.3. The summed E-state index contributed by atoms with van der Waals surface area (Å²) in [7, 11) is 0. The van der Waals surface area contributed by atoms with Gasteiger partial charge in [0.15, 0.2) is 0 Å². The molecule has 1 aromatic heterocycles. The first-order valence-corrected chi connectivity index (χ1v) is 18.4. The first-order valence-electron chi connectivity index (χ1n) is 17.8. The van der Waals surface area contributed by atoms with E-state index in [9.17, 15) is 28.8 Å². The number of hydrogen-bond acceptors (Lipinski definition) is 6. The van der Waals surface area contributed by atoms with Crippen LogP contribution in [0.25, 0.3) is 10.9 Å². The fraction of sp³-hybridized carbons (Fsp3) is 0.459. The van der Waals surface area contributed by atoms with Crippen LogP contribution >= 0.6 is 11.6 Å².